The summed E-state index contributed by atoms with van der Waals surface area (Å²) in [5, 5.41) is 22.3. The fourth-order valence-electron chi connectivity index (χ4n) is 4.54. The van der Waals surface area contributed by atoms with Crippen LogP contribution in [0.3, 0.4) is 0 Å². The van der Waals surface area contributed by atoms with E-state index in [9.17, 15) is 14.4 Å². The highest BCUT2D eigenvalue weighted by molar-refractivity contribution is 6.02. The van der Waals surface area contributed by atoms with Crippen LogP contribution in [0.4, 0.5) is 0 Å². The van der Waals surface area contributed by atoms with E-state index < -0.39 is 29.7 Å². The molecule has 2 atom stereocenters. The second kappa shape index (κ2) is 13.4. The Morgan fingerprint density at radius 1 is 0.972 bits per heavy atom. The van der Waals surface area contributed by atoms with Crippen molar-refractivity contribution in [1.29, 1.82) is 5.41 Å². The lowest BCUT2D eigenvalue weighted by molar-refractivity contribution is -0.148. The number of hydrogen-bond donors (Lipinski definition) is 5. The molecular formula is C27H34N4O5. The summed E-state index contributed by atoms with van der Waals surface area (Å²) in [6, 6.07) is 15.2. The number of carbonyl (C=O) groups excluding carboxylic acids is 3. The molecule has 0 radical (unpaired) electrons. The SMILES string of the molecule is COC(=O)C(NC(=O)[C@@H](Cc1ccc(C(=N)NO)cc1)C(=O)NCc1ccccc1)C1CCCCC1. The molecule has 5 N–H and O–H groups in total. The second-order valence-electron chi connectivity index (χ2n) is 9.05. The zero-order chi connectivity index (χ0) is 25.9. The number of carbonyl (C=O) groups is 3. The normalized spacial score (nSPS) is 15.3. The summed E-state index contributed by atoms with van der Waals surface area (Å²) in [4.78, 5) is 39.2. The van der Waals surface area contributed by atoms with Gasteiger partial charge in [0.1, 0.15) is 17.8 Å². The standard InChI is InChI=1S/C27H34N4O5/c1-36-27(34)23(20-10-6-3-7-11-20)30-26(33)22(25(32)29-17-19-8-4-2-5-9-19)16-18-12-14-21(15-13-18)24(28)31-35/h2,4-5,8-9,12-15,20,22-23,35H,3,6-7,10-11,16-17H2,1H3,(H2,28,31)(H,29,32)(H,30,33)/t22-,23?/m0/s1. The van der Waals surface area contributed by atoms with Crippen molar-refractivity contribution >= 4 is 23.6 Å². The molecule has 0 heterocycles. The molecule has 0 aliphatic heterocycles. The maximum atomic E-state index is 13.4. The molecule has 192 valence electrons. The average molecular weight is 495 g/mol. The maximum absolute atomic E-state index is 13.4. The zero-order valence-electron chi connectivity index (χ0n) is 20.5. The van der Waals surface area contributed by atoms with Crippen LogP contribution >= 0.6 is 0 Å². The van der Waals surface area contributed by atoms with Crippen LogP contribution < -0.4 is 16.1 Å². The minimum absolute atomic E-state index is 0.0283. The number of hydroxylamine groups is 1. The van der Waals surface area contributed by atoms with E-state index in [2.05, 4.69) is 10.6 Å². The Morgan fingerprint density at radius 3 is 2.25 bits per heavy atom. The zero-order valence-corrected chi connectivity index (χ0v) is 20.5. The van der Waals surface area contributed by atoms with Crippen LogP contribution in [0, 0.1) is 17.2 Å². The molecule has 2 amide bonds. The van der Waals surface area contributed by atoms with Crippen LogP contribution in [0.2, 0.25) is 0 Å². The highest BCUT2D eigenvalue weighted by atomic mass is 16.5. The van der Waals surface area contributed by atoms with Gasteiger partial charge in [-0.1, -0.05) is 73.9 Å². The second-order valence-corrected chi connectivity index (χ2v) is 9.05. The number of methoxy groups -OCH3 is 1. The monoisotopic (exact) mass is 494 g/mol. The molecule has 2 aromatic carbocycles. The molecule has 1 unspecified atom stereocenters. The minimum atomic E-state index is -1.08. The number of nitrogens with one attached hydrogen (secondary N) is 4. The summed E-state index contributed by atoms with van der Waals surface area (Å²) in [7, 11) is 1.30. The van der Waals surface area contributed by atoms with Crippen LogP contribution in [0.25, 0.3) is 0 Å². The first-order chi connectivity index (χ1) is 17.4. The molecule has 1 aliphatic rings. The topological polar surface area (TPSA) is 141 Å². The molecule has 0 saturated heterocycles. The van der Waals surface area contributed by atoms with Gasteiger partial charge in [-0.25, -0.2) is 4.79 Å². The van der Waals surface area contributed by atoms with E-state index in [1.165, 1.54) is 7.11 Å². The number of amides is 2. The summed E-state index contributed by atoms with van der Waals surface area (Å²) in [6.45, 7) is 0.269. The van der Waals surface area contributed by atoms with Gasteiger partial charge in [0.15, 0.2) is 0 Å². The van der Waals surface area contributed by atoms with Crippen molar-refractivity contribution in [3.05, 3.63) is 71.3 Å². The minimum Gasteiger partial charge on any atom is -0.467 e. The predicted molar refractivity (Wildman–Crippen MR) is 134 cm³/mol. The average Bonchev–Trinajstić information content (AvgIpc) is 2.93. The third-order valence-electron chi connectivity index (χ3n) is 6.61. The van der Waals surface area contributed by atoms with Gasteiger partial charge in [-0.05, 0) is 36.3 Å². The Balaban J connectivity index is 1.79. The van der Waals surface area contributed by atoms with Crippen molar-refractivity contribution in [3.63, 3.8) is 0 Å². The van der Waals surface area contributed by atoms with Gasteiger partial charge in [0.2, 0.25) is 11.8 Å². The van der Waals surface area contributed by atoms with E-state index in [-0.39, 0.29) is 24.7 Å². The molecule has 0 bridgehead atoms. The van der Waals surface area contributed by atoms with E-state index in [0.717, 1.165) is 37.7 Å². The third kappa shape index (κ3) is 7.39. The van der Waals surface area contributed by atoms with Crippen molar-refractivity contribution in [2.75, 3.05) is 7.11 Å². The molecule has 0 spiro atoms. The summed E-state index contributed by atoms with van der Waals surface area (Å²) < 4.78 is 4.98. The molecule has 1 saturated carbocycles. The van der Waals surface area contributed by atoms with Gasteiger partial charge in [0, 0.05) is 12.1 Å². The van der Waals surface area contributed by atoms with Crippen LogP contribution in [0.15, 0.2) is 54.6 Å². The molecule has 3 rings (SSSR count). The lowest BCUT2D eigenvalue weighted by Crippen LogP contribution is -2.51. The Morgan fingerprint density at radius 2 is 1.64 bits per heavy atom. The maximum Gasteiger partial charge on any atom is 0.328 e. The lowest BCUT2D eigenvalue weighted by Gasteiger charge is -2.30. The number of benzene rings is 2. The van der Waals surface area contributed by atoms with Crippen LogP contribution in [0.5, 0.6) is 0 Å². The van der Waals surface area contributed by atoms with Gasteiger partial charge >= 0.3 is 5.97 Å². The summed E-state index contributed by atoms with van der Waals surface area (Å²) in [5.74, 6) is -2.75. The van der Waals surface area contributed by atoms with Crippen LogP contribution in [-0.2, 0) is 32.1 Å². The summed E-state index contributed by atoms with van der Waals surface area (Å²) in [5.41, 5.74) is 3.85. The van der Waals surface area contributed by atoms with Gasteiger partial charge in [0.05, 0.1) is 7.11 Å². The van der Waals surface area contributed by atoms with Crippen molar-refractivity contribution in [1.82, 2.24) is 16.1 Å². The van der Waals surface area contributed by atoms with E-state index in [0.29, 0.717) is 11.1 Å². The van der Waals surface area contributed by atoms with E-state index in [1.807, 2.05) is 30.3 Å². The molecule has 9 nitrogen and oxygen atoms in total. The lowest BCUT2D eigenvalue weighted by atomic mass is 9.83. The third-order valence-corrected chi connectivity index (χ3v) is 6.61. The highest BCUT2D eigenvalue weighted by Gasteiger charge is 2.35. The van der Waals surface area contributed by atoms with Crippen molar-refractivity contribution in [2.24, 2.45) is 11.8 Å². The fourth-order valence-corrected chi connectivity index (χ4v) is 4.54. The van der Waals surface area contributed by atoms with Gasteiger partial charge < -0.3 is 15.4 Å². The molecular weight excluding hydrogens is 460 g/mol. The first-order valence-electron chi connectivity index (χ1n) is 12.2. The molecule has 36 heavy (non-hydrogen) atoms. The Hall–Kier alpha value is -3.72. The number of hydrogen-bond acceptors (Lipinski definition) is 6. The molecule has 1 aliphatic carbocycles. The molecule has 0 aromatic heterocycles. The summed E-state index contributed by atoms with van der Waals surface area (Å²) in [6.07, 6.45) is 4.81. The fraction of sp³-hybridized carbons (Fsp3) is 0.407. The predicted octanol–water partition coefficient (Wildman–Crippen LogP) is 2.70. The molecule has 2 aromatic rings. The van der Waals surface area contributed by atoms with Gasteiger partial charge in [-0.15, -0.1) is 0 Å². The largest absolute Gasteiger partial charge is 0.467 e. The van der Waals surface area contributed by atoms with Crippen molar-refractivity contribution < 1.29 is 24.3 Å². The van der Waals surface area contributed by atoms with E-state index in [1.54, 1.807) is 29.7 Å². The molecule has 9 heteroatoms. The Bertz CT molecular complexity index is 1040. The van der Waals surface area contributed by atoms with Crippen molar-refractivity contribution in [2.45, 2.75) is 51.1 Å². The number of rotatable bonds is 10. The number of esters is 1. The Labute approximate surface area is 211 Å². The van der Waals surface area contributed by atoms with Gasteiger partial charge in [-0.3, -0.25) is 25.7 Å². The van der Waals surface area contributed by atoms with Gasteiger partial charge in [0.25, 0.3) is 0 Å². The molecule has 1 fully saturated rings. The first-order valence-corrected chi connectivity index (χ1v) is 12.2. The Kier molecular flexibility index (Phi) is 10.00. The van der Waals surface area contributed by atoms with Gasteiger partial charge in [-0.2, -0.15) is 0 Å². The van der Waals surface area contributed by atoms with Crippen molar-refractivity contribution in [3.8, 4) is 0 Å². The first kappa shape index (κ1) is 26.9. The van der Waals surface area contributed by atoms with E-state index in [4.69, 9.17) is 15.4 Å². The quantitative estimate of drug-likeness (QED) is 0.113. The smallest absolute Gasteiger partial charge is 0.328 e. The van der Waals surface area contributed by atoms with Crippen LogP contribution in [-0.4, -0.2) is 42.0 Å². The summed E-state index contributed by atoms with van der Waals surface area (Å²) >= 11 is 0. The highest BCUT2D eigenvalue weighted by Crippen LogP contribution is 2.27. The number of amidine groups is 1. The van der Waals surface area contributed by atoms with Crippen LogP contribution in [0.1, 0.15) is 48.8 Å². The van der Waals surface area contributed by atoms with E-state index >= 15 is 0 Å². The number of ether oxygens (including phenoxy) is 1.